The lowest BCUT2D eigenvalue weighted by Crippen LogP contribution is -2.35. The smallest absolute Gasteiger partial charge is 0.333 e. The zero-order valence-corrected chi connectivity index (χ0v) is 34.3. The molecule has 0 bridgehead atoms. The number of sulfonamides is 2. The number of aryl methyl sites for hydroxylation is 4. The number of anilines is 1. The molecule has 2 aromatic carbocycles. The molecule has 300 valence electrons. The number of rotatable bonds is 7. The van der Waals surface area contributed by atoms with Gasteiger partial charge in [-0.3, -0.25) is 0 Å². The van der Waals surface area contributed by atoms with E-state index in [-0.39, 0.29) is 10.1 Å². The number of urea groups is 1. The van der Waals surface area contributed by atoms with Crippen molar-refractivity contribution in [3.8, 4) is 22.3 Å². The number of carbonyl (C=O) groups excluding carboxylic acids is 1. The van der Waals surface area contributed by atoms with Crippen molar-refractivity contribution in [2.75, 3.05) is 5.32 Å². The van der Waals surface area contributed by atoms with Crippen molar-refractivity contribution in [3.63, 3.8) is 0 Å². The van der Waals surface area contributed by atoms with Gasteiger partial charge in [0.25, 0.3) is 26.3 Å². The highest BCUT2D eigenvalue weighted by molar-refractivity contribution is 7.90. The van der Waals surface area contributed by atoms with E-state index in [0.29, 0.717) is 10.3 Å². The fourth-order valence-corrected chi connectivity index (χ4v) is 10.4. The van der Waals surface area contributed by atoms with Crippen molar-refractivity contribution in [1.82, 2.24) is 34.3 Å². The second-order valence-electron chi connectivity index (χ2n) is 14.0. The lowest BCUT2D eigenvalue weighted by Gasteiger charge is -2.16. The third-order valence-electron chi connectivity index (χ3n) is 10.4. The molecular formula is C38H38N10O6S4. The monoisotopic (exact) mass is 858 g/mol. The number of ether oxygens (including phenoxy) is 1. The highest BCUT2D eigenvalue weighted by Crippen LogP contribution is 2.40. The van der Waals surface area contributed by atoms with E-state index in [1.807, 2.05) is 6.26 Å². The number of fused-ring (bicyclic) bond motifs is 4. The average Bonchev–Trinajstić information content (AvgIpc) is 4.01. The summed E-state index contributed by atoms with van der Waals surface area (Å²) in [4.78, 5) is 20.6. The number of nitrogens with one attached hydrogen (secondary N) is 2. The van der Waals surface area contributed by atoms with Crippen LogP contribution in [0.15, 0.2) is 69.9 Å². The van der Waals surface area contributed by atoms with Gasteiger partial charge in [-0.1, -0.05) is 12.1 Å². The number of thiazole rings is 2. The van der Waals surface area contributed by atoms with Crippen LogP contribution < -0.4 is 19.9 Å². The molecule has 0 radical (unpaired) electrons. The van der Waals surface area contributed by atoms with Crippen molar-refractivity contribution in [1.29, 1.82) is 5.26 Å². The third kappa shape index (κ3) is 8.26. The summed E-state index contributed by atoms with van der Waals surface area (Å²) < 4.78 is 57.1. The summed E-state index contributed by atoms with van der Waals surface area (Å²) in [5.41, 5.74) is 11.1. The van der Waals surface area contributed by atoms with Gasteiger partial charge in [0, 0.05) is 41.2 Å². The van der Waals surface area contributed by atoms with Crippen LogP contribution >= 0.6 is 22.7 Å². The molecule has 0 spiro atoms. The molecule has 0 aliphatic heterocycles. The van der Waals surface area contributed by atoms with Gasteiger partial charge in [-0.15, -0.1) is 27.9 Å². The Morgan fingerprint density at radius 1 is 0.724 bits per heavy atom. The van der Waals surface area contributed by atoms with Gasteiger partial charge in [-0.25, -0.2) is 42.4 Å². The normalized spacial score (nSPS) is 14.8. The number of hydrogen-bond donors (Lipinski definition) is 3. The first-order chi connectivity index (χ1) is 28.0. The van der Waals surface area contributed by atoms with Crippen molar-refractivity contribution in [2.45, 2.75) is 87.1 Å². The van der Waals surface area contributed by atoms with Crippen molar-refractivity contribution in [3.05, 3.63) is 104 Å². The Morgan fingerprint density at radius 2 is 1.19 bits per heavy atom. The van der Waals surface area contributed by atoms with E-state index in [1.54, 1.807) is 23.2 Å². The first kappa shape index (κ1) is 39.4. The Kier molecular flexibility index (Phi) is 11.1. The van der Waals surface area contributed by atoms with Crippen LogP contribution in [0.2, 0.25) is 0 Å². The minimum atomic E-state index is -4.10. The average molecular weight is 859 g/mol. The summed E-state index contributed by atoms with van der Waals surface area (Å²) in [6.45, 7) is 0. The van der Waals surface area contributed by atoms with Crippen molar-refractivity contribution >= 4 is 54.4 Å². The maximum atomic E-state index is 12.6. The van der Waals surface area contributed by atoms with Gasteiger partial charge in [-0.2, -0.15) is 18.6 Å². The highest BCUT2D eigenvalue weighted by atomic mass is 32.2. The molecule has 58 heavy (non-hydrogen) atoms. The molecule has 0 saturated carbocycles. The molecule has 4 heterocycles. The summed E-state index contributed by atoms with van der Waals surface area (Å²) in [5, 5.41) is 28.5. The van der Waals surface area contributed by atoms with Crippen LogP contribution in [0.3, 0.4) is 0 Å². The zero-order chi connectivity index (χ0) is 40.4. The van der Waals surface area contributed by atoms with Crippen molar-refractivity contribution < 1.29 is 26.4 Å². The number of benzene rings is 2. The lowest BCUT2D eigenvalue weighted by molar-refractivity contribution is 0.256. The van der Waals surface area contributed by atoms with E-state index in [0.717, 1.165) is 86.8 Å². The molecule has 4 N–H and O–H groups in total. The van der Waals surface area contributed by atoms with Crippen LogP contribution in [-0.4, -0.2) is 52.4 Å². The third-order valence-corrected chi connectivity index (χ3v) is 14.0. The second-order valence-corrected chi connectivity index (χ2v) is 18.9. The first-order valence-corrected chi connectivity index (χ1v) is 23.4. The molecular weight excluding hydrogens is 821 g/mol. The summed E-state index contributed by atoms with van der Waals surface area (Å²) >= 11 is 2.69. The van der Waals surface area contributed by atoms with Gasteiger partial charge in [-0.05, 0) is 134 Å². The Balaban J connectivity index is 0.000000135. The van der Waals surface area contributed by atoms with Gasteiger partial charge in [0.2, 0.25) is 10.3 Å². The summed E-state index contributed by atoms with van der Waals surface area (Å²) in [5.74, 6) is 0.903. The molecule has 20 heteroatoms. The molecule has 4 aliphatic rings. The van der Waals surface area contributed by atoms with Gasteiger partial charge in [0.15, 0.2) is 10.1 Å². The fraction of sp³-hybridized carbons (Fsp3) is 0.316. The van der Waals surface area contributed by atoms with Crippen LogP contribution in [0.4, 0.5) is 10.5 Å². The molecule has 0 atom stereocenters. The second kappa shape index (κ2) is 16.4. The van der Waals surface area contributed by atoms with Crippen LogP contribution in [0.25, 0.3) is 10.3 Å². The molecule has 0 saturated heterocycles. The number of primary sulfonamides is 1. The number of carbonyl (C=O) groups is 1. The van der Waals surface area contributed by atoms with Crippen LogP contribution in [0.1, 0.15) is 70.2 Å². The quantitative estimate of drug-likeness (QED) is 0.174. The van der Waals surface area contributed by atoms with Crippen LogP contribution in [0.5, 0.6) is 5.75 Å². The SMILES string of the molecule is N#COc1c2c(cc3c1CCC3)CCC2.NS(=O)(=O)c1ccn(-c2nccs2)n1.O=C(Nc1c2c(cc3c1CCC3)CCC2)NS(=O)(=O)c1ccn(-c2nccs2)n1. The van der Waals surface area contributed by atoms with E-state index in [4.69, 9.17) is 15.1 Å². The Labute approximate surface area is 342 Å². The molecule has 0 fully saturated rings. The van der Waals surface area contributed by atoms with Gasteiger partial charge in [0.1, 0.15) is 5.75 Å². The van der Waals surface area contributed by atoms with Gasteiger partial charge >= 0.3 is 6.03 Å². The predicted octanol–water partition coefficient (Wildman–Crippen LogP) is 5.32. The van der Waals surface area contributed by atoms with Crippen LogP contribution in [0, 0.1) is 11.5 Å². The highest BCUT2D eigenvalue weighted by Gasteiger charge is 2.28. The maximum Gasteiger partial charge on any atom is 0.333 e. The number of nitrogens with zero attached hydrogens (tertiary/aromatic N) is 7. The molecule has 4 aromatic heterocycles. The van der Waals surface area contributed by atoms with Gasteiger partial charge < -0.3 is 10.1 Å². The first-order valence-electron chi connectivity index (χ1n) is 18.6. The summed E-state index contributed by atoms with van der Waals surface area (Å²) in [6.07, 6.45) is 20.9. The number of nitrogens with two attached hydrogens (primary N) is 1. The maximum absolute atomic E-state index is 12.6. The van der Waals surface area contributed by atoms with Gasteiger partial charge in [0.05, 0.1) is 0 Å². The molecule has 6 aromatic rings. The molecule has 4 aliphatic carbocycles. The van der Waals surface area contributed by atoms with E-state index < -0.39 is 26.1 Å². The number of nitriles is 1. The minimum Gasteiger partial charge on any atom is -0.387 e. The fourth-order valence-electron chi connectivity index (χ4n) is 7.99. The Bertz CT molecular complexity index is 2690. The van der Waals surface area contributed by atoms with E-state index >= 15 is 0 Å². The topological polar surface area (TPSA) is 230 Å². The summed E-state index contributed by atoms with van der Waals surface area (Å²) in [6, 6.07) is 6.51. The van der Waals surface area contributed by atoms with Crippen LogP contribution in [-0.2, 0) is 71.4 Å². The number of hydrogen-bond acceptors (Lipinski definition) is 13. The van der Waals surface area contributed by atoms with Crippen molar-refractivity contribution in [2.24, 2.45) is 5.14 Å². The molecule has 0 unspecified atom stereocenters. The zero-order valence-electron chi connectivity index (χ0n) is 31.0. The molecule has 2 amide bonds. The predicted molar refractivity (Wildman–Crippen MR) is 216 cm³/mol. The van der Waals surface area contributed by atoms with E-state index in [1.165, 1.54) is 103 Å². The van der Waals surface area contributed by atoms with E-state index in [2.05, 4.69) is 42.3 Å². The number of amides is 2. The standard InChI is InChI=1S/C19H19N5O3S2.C13H13NO.C6H6N4O2S2/c25-18(21-17-14-5-1-3-12(14)11-13-4-2-6-15(13)17)23-29(26,27)16-7-9-24(22-16)19-20-8-10-28-19;14-8-15-13-11-5-1-3-9(11)7-10-4-2-6-12(10)13;7-14(11,12)5-1-3-10(9-5)6-8-2-4-13-6/h7-11H,1-6H2,(H2,21,23,25);7H,1-6H2;1-4H,(H2,7,11,12). The largest absolute Gasteiger partial charge is 0.387 e. The summed E-state index contributed by atoms with van der Waals surface area (Å²) in [7, 11) is -7.82. The van der Waals surface area contributed by atoms with E-state index in [9.17, 15) is 21.6 Å². The Hall–Kier alpha value is -5.46. The molecule has 16 nitrogen and oxygen atoms in total. The molecule has 10 rings (SSSR count). The lowest BCUT2D eigenvalue weighted by atomic mass is 9.99. The Morgan fingerprint density at radius 3 is 1.64 bits per heavy atom. The minimum absolute atomic E-state index is 0.160. The number of aromatic nitrogens is 6.